The molecule has 1 fully saturated rings. The number of hydrogen-bond acceptors (Lipinski definition) is 3. The maximum Gasteiger partial charge on any atom is 0.222 e. The Balaban J connectivity index is 1.61. The van der Waals surface area contributed by atoms with E-state index in [1.807, 2.05) is 48.8 Å². The molecule has 0 saturated carbocycles. The predicted octanol–water partition coefficient (Wildman–Crippen LogP) is 2.71. The lowest BCUT2D eigenvalue weighted by Gasteiger charge is -2.38. The standard InChI is InChI=1S/C19H24N2O3/c1-23-17-6-4-16(5-7-17)15-20-18(22)14-19(8-12-24-13-9-19)21-10-2-3-11-21/h2-7,10-11H,8-9,12-15H2,1H3,(H,20,22). The number of nitrogens with one attached hydrogen (secondary N) is 1. The molecule has 1 aliphatic rings. The van der Waals surface area contributed by atoms with Gasteiger partial charge in [-0.25, -0.2) is 0 Å². The van der Waals surface area contributed by atoms with Gasteiger partial charge in [-0.15, -0.1) is 0 Å². The molecular weight excluding hydrogens is 304 g/mol. The van der Waals surface area contributed by atoms with Gasteiger partial charge in [0.25, 0.3) is 0 Å². The summed E-state index contributed by atoms with van der Waals surface area (Å²) in [6, 6.07) is 11.8. The first-order valence-corrected chi connectivity index (χ1v) is 8.33. The van der Waals surface area contributed by atoms with E-state index in [0.29, 0.717) is 26.2 Å². The maximum absolute atomic E-state index is 12.5. The molecule has 1 aromatic carbocycles. The molecule has 0 aliphatic carbocycles. The predicted molar refractivity (Wildman–Crippen MR) is 91.9 cm³/mol. The summed E-state index contributed by atoms with van der Waals surface area (Å²) < 4.78 is 12.8. The van der Waals surface area contributed by atoms with Crippen molar-refractivity contribution >= 4 is 5.91 Å². The smallest absolute Gasteiger partial charge is 0.222 e. The first-order chi connectivity index (χ1) is 11.7. The number of nitrogens with zero attached hydrogens (tertiary/aromatic N) is 1. The van der Waals surface area contributed by atoms with Crippen molar-refractivity contribution in [2.45, 2.75) is 31.3 Å². The van der Waals surface area contributed by atoms with Gasteiger partial charge in [0.2, 0.25) is 5.91 Å². The van der Waals surface area contributed by atoms with Gasteiger partial charge >= 0.3 is 0 Å². The van der Waals surface area contributed by atoms with Crippen molar-refractivity contribution in [3.63, 3.8) is 0 Å². The van der Waals surface area contributed by atoms with Crippen molar-refractivity contribution in [2.24, 2.45) is 0 Å². The summed E-state index contributed by atoms with van der Waals surface area (Å²) in [5, 5.41) is 3.04. The number of benzene rings is 1. The minimum absolute atomic E-state index is 0.0708. The molecule has 1 amide bonds. The number of carbonyl (C=O) groups excluding carboxylic acids is 1. The first kappa shape index (κ1) is 16.6. The lowest BCUT2D eigenvalue weighted by atomic mass is 9.86. The molecule has 5 heteroatoms. The topological polar surface area (TPSA) is 52.5 Å². The summed E-state index contributed by atoms with van der Waals surface area (Å²) >= 11 is 0. The third-order valence-corrected chi connectivity index (χ3v) is 4.71. The summed E-state index contributed by atoms with van der Waals surface area (Å²) in [5.41, 5.74) is 0.886. The summed E-state index contributed by atoms with van der Waals surface area (Å²) in [7, 11) is 1.64. The van der Waals surface area contributed by atoms with E-state index in [0.717, 1.165) is 24.2 Å². The monoisotopic (exact) mass is 328 g/mol. The number of carbonyl (C=O) groups is 1. The Kier molecular flexibility index (Phi) is 5.20. The zero-order chi connectivity index (χ0) is 16.8. The minimum atomic E-state index is -0.175. The number of amides is 1. The van der Waals surface area contributed by atoms with Gasteiger partial charge in [-0.2, -0.15) is 0 Å². The molecule has 2 aromatic rings. The number of hydrogen-bond donors (Lipinski definition) is 1. The van der Waals surface area contributed by atoms with Crippen LogP contribution in [0.4, 0.5) is 0 Å². The lowest BCUT2D eigenvalue weighted by Crippen LogP contribution is -2.43. The third-order valence-electron chi connectivity index (χ3n) is 4.71. The molecule has 0 atom stereocenters. The maximum atomic E-state index is 12.5. The van der Waals surface area contributed by atoms with Gasteiger partial charge in [-0.1, -0.05) is 12.1 Å². The molecule has 0 spiro atoms. The van der Waals surface area contributed by atoms with E-state index in [2.05, 4.69) is 9.88 Å². The molecule has 3 rings (SSSR count). The Hall–Kier alpha value is -2.27. The minimum Gasteiger partial charge on any atom is -0.497 e. The zero-order valence-electron chi connectivity index (χ0n) is 14.0. The van der Waals surface area contributed by atoms with Gasteiger partial charge in [0.05, 0.1) is 19.1 Å². The molecule has 24 heavy (non-hydrogen) atoms. The molecular formula is C19H24N2O3. The van der Waals surface area contributed by atoms with Crippen LogP contribution < -0.4 is 10.1 Å². The average Bonchev–Trinajstić information content (AvgIpc) is 3.17. The Labute approximate surface area is 142 Å². The highest BCUT2D eigenvalue weighted by molar-refractivity contribution is 5.77. The largest absolute Gasteiger partial charge is 0.497 e. The fraction of sp³-hybridized carbons (Fsp3) is 0.421. The van der Waals surface area contributed by atoms with Gasteiger partial charge in [0.15, 0.2) is 0 Å². The van der Waals surface area contributed by atoms with Crippen LogP contribution in [-0.4, -0.2) is 30.8 Å². The molecule has 5 nitrogen and oxygen atoms in total. The van der Waals surface area contributed by atoms with Gasteiger partial charge in [-0.05, 0) is 42.7 Å². The highest BCUT2D eigenvalue weighted by Crippen LogP contribution is 2.32. The van der Waals surface area contributed by atoms with Crippen LogP contribution in [0.15, 0.2) is 48.8 Å². The SMILES string of the molecule is COc1ccc(CNC(=O)CC2(n3cccc3)CCOCC2)cc1. The van der Waals surface area contributed by atoms with E-state index in [1.165, 1.54) is 0 Å². The van der Waals surface area contributed by atoms with E-state index in [9.17, 15) is 4.79 Å². The van der Waals surface area contributed by atoms with E-state index < -0.39 is 0 Å². The van der Waals surface area contributed by atoms with Crippen LogP contribution in [0.2, 0.25) is 0 Å². The van der Waals surface area contributed by atoms with Crippen LogP contribution >= 0.6 is 0 Å². The molecule has 1 aliphatic heterocycles. The number of aromatic nitrogens is 1. The van der Waals surface area contributed by atoms with Crippen molar-refractivity contribution in [3.8, 4) is 5.75 Å². The summed E-state index contributed by atoms with van der Waals surface area (Å²) in [6.07, 6.45) is 6.28. The van der Waals surface area contributed by atoms with Gasteiger partial charge in [0, 0.05) is 32.2 Å². The van der Waals surface area contributed by atoms with Crippen molar-refractivity contribution in [1.82, 2.24) is 9.88 Å². The van der Waals surface area contributed by atoms with Crippen LogP contribution in [0.3, 0.4) is 0 Å². The van der Waals surface area contributed by atoms with Crippen molar-refractivity contribution < 1.29 is 14.3 Å². The van der Waals surface area contributed by atoms with Crippen LogP contribution in [-0.2, 0) is 21.6 Å². The molecule has 0 unspecified atom stereocenters. The molecule has 128 valence electrons. The lowest BCUT2D eigenvalue weighted by molar-refractivity contribution is -0.124. The Morgan fingerprint density at radius 1 is 1.21 bits per heavy atom. The fourth-order valence-electron chi connectivity index (χ4n) is 3.23. The second kappa shape index (κ2) is 7.53. The van der Waals surface area contributed by atoms with Gasteiger partial charge in [-0.3, -0.25) is 4.79 Å². The zero-order valence-corrected chi connectivity index (χ0v) is 14.0. The molecule has 0 radical (unpaired) electrons. The highest BCUT2D eigenvalue weighted by Gasteiger charge is 2.35. The van der Waals surface area contributed by atoms with Gasteiger partial charge < -0.3 is 19.4 Å². The summed E-state index contributed by atoms with van der Waals surface area (Å²) in [6.45, 7) is 1.93. The van der Waals surface area contributed by atoms with Gasteiger partial charge in [0.1, 0.15) is 5.75 Å². The Morgan fingerprint density at radius 2 is 1.88 bits per heavy atom. The average molecular weight is 328 g/mol. The molecule has 0 bridgehead atoms. The van der Waals surface area contributed by atoms with Crippen molar-refractivity contribution in [3.05, 3.63) is 54.4 Å². The quantitative estimate of drug-likeness (QED) is 0.887. The van der Waals surface area contributed by atoms with Crippen LogP contribution in [0, 0.1) is 0 Å². The van der Waals surface area contributed by atoms with E-state index >= 15 is 0 Å². The number of methoxy groups -OCH3 is 1. The van der Waals surface area contributed by atoms with Crippen LogP contribution in [0.25, 0.3) is 0 Å². The number of ether oxygens (including phenoxy) is 2. The van der Waals surface area contributed by atoms with Crippen LogP contribution in [0.1, 0.15) is 24.8 Å². The summed E-state index contributed by atoms with van der Waals surface area (Å²) in [4.78, 5) is 12.5. The molecule has 1 aromatic heterocycles. The third kappa shape index (κ3) is 3.79. The van der Waals surface area contributed by atoms with Crippen molar-refractivity contribution in [1.29, 1.82) is 0 Å². The van der Waals surface area contributed by atoms with E-state index in [4.69, 9.17) is 9.47 Å². The van der Waals surface area contributed by atoms with E-state index in [1.54, 1.807) is 7.11 Å². The molecule has 2 heterocycles. The number of rotatable bonds is 6. The van der Waals surface area contributed by atoms with Crippen LogP contribution in [0.5, 0.6) is 5.75 Å². The highest BCUT2D eigenvalue weighted by atomic mass is 16.5. The molecule has 1 saturated heterocycles. The fourth-order valence-corrected chi connectivity index (χ4v) is 3.23. The molecule has 1 N–H and O–H groups in total. The summed E-state index contributed by atoms with van der Waals surface area (Å²) in [5.74, 6) is 0.889. The second-order valence-electron chi connectivity index (χ2n) is 6.23. The van der Waals surface area contributed by atoms with E-state index in [-0.39, 0.29) is 11.4 Å². The Morgan fingerprint density at radius 3 is 2.50 bits per heavy atom. The Bertz CT molecular complexity index is 644. The van der Waals surface area contributed by atoms with Crippen molar-refractivity contribution in [2.75, 3.05) is 20.3 Å². The second-order valence-corrected chi connectivity index (χ2v) is 6.23. The normalized spacial score (nSPS) is 16.5. The first-order valence-electron chi connectivity index (χ1n) is 8.33.